The summed E-state index contributed by atoms with van der Waals surface area (Å²) in [5.74, 6) is 0. The Morgan fingerprint density at radius 2 is 0.667 bits per heavy atom. The van der Waals surface area contributed by atoms with Crippen molar-refractivity contribution in [1.29, 1.82) is 0 Å². The van der Waals surface area contributed by atoms with Crippen LogP contribution >= 0.6 is 0 Å². The van der Waals surface area contributed by atoms with Gasteiger partial charge in [0.1, 0.15) is 11.2 Å². The Bertz CT molecular complexity index is 3760. The van der Waals surface area contributed by atoms with E-state index in [1.165, 1.54) is 88.1 Å². The highest BCUT2D eigenvalue weighted by atomic mass is 16.3. The molecule has 3 aromatic heterocycles. The Balaban J connectivity index is 0.851. The lowest BCUT2D eigenvalue weighted by Gasteiger charge is -2.12. The number of fused-ring (bicyclic) bond motifs is 10. The summed E-state index contributed by atoms with van der Waals surface area (Å²) in [5, 5.41) is 7.23. The van der Waals surface area contributed by atoms with Crippen molar-refractivity contribution in [2.45, 2.75) is 0 Å². The maximum absolute atomic E-state index is 6.34. The van der Waals surface area contributed by atoms with Crippen molar-refractivity contribution in [3.05, 3.63) is 231 Å². The Morgan fingerprint density at radius 1 is 0.254 bits per heavy atom. The fourth-order valence-electron chi connectivity index (χ4n) is 9.91. The lowest BCUT2D eigenvalue weighted by atomic mass is 10.00. The summed E-state index contributed by atoms with van der Waals surface area (Å²) >= 11 is 0. The molecule has 294 valence electrons. The number of aromatic nitrogens is 2. The molecule has 0 aliphatic heterocycles. The van der Waals surface area contributed by atoms with E-state index in [-0.39, 0.29) is 0 Å². The molecular formula is C60H38N2O. The second-order valence-corrected chi connectivity index (χ2v) is 16.5. The molecule has 0 saturated carbocycles. The number of benzene rings is 10. The molecule has 0 unspecified atom stereocenters. The summed E-state index contributed by atoms with van der Waals surface area (Å²) in [5.41, 5.74) is 18.4. The topological polar surface area (TPSA) is 23.0 Å². The van der Waals surface area contributed by atoms with Crippen molar-refractivity contribution >= 4 is 65.6 Å². The largest absolute Gasteiger partial charge is 0.456 e. The summed E-state index contributed by atoms with van der Waals surface area (Å²) in [6.07, 6.45) is 0. The fourth-order valence-corrected chi connectivity index (χ4v) is 9.91. The third-order valence-electron chi connectivity index (χ3n) is 13.0. The first-order valence-electron chi connectivity index (χ1n) is 21.6. The van der Waals surface area contributed by atoms with Crippen molar-refractivity contribution in [3.63, 3.8) is 0 Å². The van der Waals surface area contributed by atoms with E-state index in [0.29, 0.717) is 0 Å². The number of para-hydroxylation sites is 2. The van der Waals surface area contributed by atoms with E-state index < -0.39 is 0 Å². The molecule has 13 aromatic rings. The van der Waals surface area contributed by atoms with Crippen LogP contribution in [0, 0.1) is 0 Å². The third kappa shape index (κ3) is 5.67. The lowest BCUT2D eigenvalue weighted by Crippen LogP contribution is -1.94. The van der Waals surface area contributed by atoms with Gasteiger partial charge < -0.3 is 13.6 Å². The van der Waals surface area contributed by atoms with Gasteiger partial charge in [0, 0.05) is 38.3 Å². The van der Waals surface area contributed by atoms with Gasteiger partial charge in [-0.2, -0.15) is 0 Å². The molecule has 0 radical (unpaired) electrons. The summed E-state index contributed by atoms with van der Waals surface area (Å²) in [6.45, 7) is 0. The molecule has 0 N–H and O–H groups in total. The Kier molecular flexibility index (Phi) is 7.91. The molecule has 3 heterocycles. The van der Waals surface area contributed by atoms with Crippen LogP contribution in [0.2, 0.25) is 0 Å². The smallest absolute Gasteiger partial charge is 0.137 e. The van der Waals surface area contributed by atoms with Gasteiger partial charge in [-0.3, -0.25) is 0 Å². The van der Waals surface area contributed by atoms with E-state index in [1.807, 2.05) is 6.07 Å². The standard InChI is InChI=1S/C60H38N2O/c1-3-11-39(12-4-1)45-27-33-50-51-34-28-46(40-13-5-2-6-14-40)38-56(51)61(55(50)37-45)47-29-23-43(24-30-47)41-19-21-42(22-20-41)44-25-31-48(32-26-44)62-54-17-9-7-15-49(54)52-35-36-58-59(60(52)62)53-16-8-10-18-57(53)63-58/h1-38H. The van der Waals surface area contributed by atoms with Crippen LogP contribution < -0.4 is 0 Å². The van der Waals surface area contributed by atoms with Gasteiger partial charge in [-0.15, -0.1) is 0 Å². The predicted molar refractivity (Wildman–Crippen MR) is 264 cm³/mol. The lowest BCUT2D eigenvalue weighted by molar-refractivity contribution is 0.669. The van der Waals surface area contributed by atoms with Crippen LogP contribution in [0.4, 0.5) is 0 Å². The van der Waals surface area contributed by atoms with E-state index in [2.05, 4.69) is 234 Å². The summed E-state index contributed by atoms with van der Waals surface area (Å²) < 4.78 is 11.2. The Hall–Kier alpha value is -8.40. The average Bonchev–Trinajstić information content (AvgIpc) is 4.02. The molecule has 0 fully saturated rings. The molecule has 0 amide bonds. The first kappa shape index (κ1) is 35.4. The molecule has 10 aromatic carbocycles. The molecule has 0 saturated heterocycles. The Morgan fingerprint density at radius 3 is 1.24 bits per heavy atom. The monoisotopic (exact) mass is 802 g/mol. The second-order valence-electron chi connectivity index (χ2n) is 16.5. The SMILES string of the molecule is c1ccc(-c2ccc3c4ccc(-c5ccccc5)cc4n(-c4ccc(-c5ccc(-c6ccc(-n7c8ccccc8c8ccc9oc%10ccccc%10c9c87)cc6)cc5)cc4)c3c2)cc1. The highest BCUT2D eigenvalue weighted by Gasteiger charge is 2.19. The molecule has 0 bridgehead atoms. The number of hydrogen-bond acceptors (Lipinski definition) is 1. The van der Waals surface area contributed by atoms with E-state index in [9.17, 15) is 0 Å². The van der Waals surface area contributed by atoms with Crippen LogP contribution in [0.3, 0.4) is 0 Å². The van der Waals surface area contributed by atoms with Crippen molar-refractivity contribution in [2.75, 3.05) is 0 Å². The Labute approximate surface area is 363 Å². The summed E-state index contributed by atoms with van der Waals surface area (Å²) in [6, 6.07) is 83.4. The molecule has 63 heavy (non-hydrogen) atoms. The van der Waals surface area contributed by atoms with Gasteiger partial charge in [0.15, 0.2) is 0 Å². The van der Waals surface area contributed by atoms with E-state index in [0.717, 1.165) is 33.3 Å². The van der Waals surface area contributed by atoms with Crippen LogP contribution in [0.15, 0.2) is 235 Å². The minimum atomic E-state index is 0.903. The van der Waals surface area contributed by atoms with Gasteiger partial charge in [0.25, 0.3) is 0 Å². The minimum absolute atomic E-state index is 0.903. The quantitative estimate of drug-likeness (QED) is 0.164. The molecule has 13 rings (SSSR count). The molecule has 0 aliphatic carbocycles. The summed E-state index contributed by atoms with van der Waals surface area (Å²) in [7, 11) is 0. The van der Waals surface area contributed by atoms with Crippen LogP contribution in [-0.2, 0) is 0 Å². The summed E-state index contributed by atoms with van der Waals surface area (Å²) in [4.78, 5) is 0. The molecule has 0 aliphatic rings. The normalized spacial score (nSPS) is 11.8. The zero-order valence-corrected chi connectivity index (χ0v) is 34.2. The van der Waals surface area contributed by atoms with Gasteiger partial charge in [0.05, 0.1) is 27.5 Å². The number of nitrogens with zero attached hydrogens (tertiary/aromatic N) is 2. The second kappa shape index (κ2) is 14.1. The van der Waals surface area contributed by atoms with Crippen molar-refractivity contribution in [1.82, 2.24) is 9.13 Å². The number of furan rings is 1. The van der Waals surface area contributed by atoms with Crippen LogP contribution in [0.5, 0.6) is 0 Å². The highest BCUT2D eigenvalue weighted by molar-refractivity contribution is 6.24. The average molecular weight is 803 g/mol. The van der Waals surface area contributed by atoms with E-state index in [4.69, 9.17) is 4.42 Å². The zero-order chi connectivity index (χ0) is 41.4. The van der Waals surface area contributed by atoms with Gasteiger partial charge >= 0.3 is 0 Å². The van der Waals surface area contributed by atoms with Gasteiger partial charge in [0.2, 0.25) is 0 Å². The van der Waals surface area contributed by atoms with E-state index in [1.54, 1.807) is 0 Å². The van der Waals surface area contributed by atoms with Gasteiger partial charge in [-0.25, -0.2) is 0 Å². The van der Waals surface area contributed by atoms with Gasteiger partial charge in [-0.1, -0.05) is 170 Å². The molecule has 0 spiro atoms. The minimum Gasteiger partial charge on any atom is -0.456 e. The van der Waals surface area contributed by atoms with Crippen LogP contribution in [-0.4, -0.2) is 9.13 Å². The predicted octanol–water partition coefficient (Wildman–Crippen LogP) is 16.4. The number of hydrogen-bond donors (Lipinski definition) is 0. The molecule has 0 atom stereocenters. The zero-order valence-electron chi connectivity index (χ0n) is 34.2. The maximum atomic E-state index is 6.34. The van der Waals surface area contributed by atoms with Gasteiger partial charge in [-0.05, 0) is 105 Å². The first-order valence-corrected chi connectivity index (χ1v) is 21.6. The van der Waals surface area contributed by atoms with Crippen LogP contribution in [0.25, 0.3) is 121 Å². The van der Waals surface area contributed by atoms with E-state index >= 15 is 0 Å². The number of rotatable bonds is 6. The fraction of sp³-hybridized carbons (Fsp3) is 0. The highest BCUT2D eigenvalue weighted by Crippen LogP contribution is 2.42. The molecule has 3 heteroatoms. The van der Waals surface area contributed by atoms with Crippen molar-refractivity contribution in [3.8, 4) is 55.9 Å². The molecular weight excluding hydrogens is 765 g/mol. The maximum Gasteiger partial charge on any atom is 0.137 e. The van der Waals surface area contributed by atoms with Crippen LogP contribution in [0.1, 0.15) is 0 Å². The van der Waals surface area contributed by atoms with Crippen molar-refractivity contribution < 1.29 is 4.42 Å². The molecule has 3 nitrogen and oxygen atoms in total. The first-order chi connectivity index (χ1) is 31.2. The third-order valence-corrected chi connectivity index (χ3v) is 13.0. The van der Waals surface area contributed by atoms with Crippen molar-refractivity contribution in [2.24, 2.45) is 0 Å².